The Morgan fingerprint density at radius 3 is 2.44 bits per heavy atom. The summed E-state index contributed by atoms with van der Waals surface area (Å²) in [7, 11) is 0. The van der Waals surface area contributed by atoms with Crippen LogP contribution < -0.4 is 0 Å². The number of carbonyl (C=O) groups excluding carboxylic acids is 1. The van der Waals surface area contributed by atoms with Crippen LogP contribution in [-0.2, 0) is 0 Å². The van der Waals surface area contributed by atoms with Gasteiger partial charge in [-0.3, -0.25) is 4.79 Å². The van der Waals surface area contributed by atoms with Gasteiger partial charge in [-0.1, -0.05) is 49.0 Å². The number of carbonyl (C=O) groups is 1. The number of hydrogen-bond donors (Lipinski definition) is 1. The Hall–Kier alpha value is -1.74. The molecule has 0 aliphatic rings. The first-order chi connectivity index (χ1) is 8.72. The molecule has 0 saturated carbocycles. The fourth-order valence-electron chi connectivity index (χ4n) is 1.76. The molecule has 3 heteroatoms. The molecule has 0 heterocycles. The molecule has 18 heavy (non-hydrogen) atoms. The Kier molecular flexibility index (Phi) is 4.05. The predicted molar refractivity (Wildman–Crippen MR) is 76.0 cm³/mol. The molecule has 1 N–H and O–H groups in total. The minimum atomic E-state index is 0.0844. The van der Waals surface area contributed by atoms with Gasteiger partial charge in [0.25, 0.3) is 0 Å². The molecule has 0 bridgehead atoms. The fraction of sp³-hybridized carbons (Fsp3) is 0.133. The molecule has 0 saturated heterocycles. The SMILES string of the molecule is CCSC(=O)c1ccccc1-c1ccc(O)cc1. The molecule has 2 aromatic rings. The van der Waals surface area contributed by atoms with Crippen LogP contribution in [-0.4, -0.2) is 16.0 Å². The van der Waals surface area contributed by atoms with Crippen LogP contribution in [0.4, 0.5) is 0 Å². The Morgan fingerprint density at radius 2 is 1.78 bits per heavy atom. The fourth-order valence-corrected chi connectivity index (χ4v) is 2.36. The van der Waals surface area contributed by atoms with E-state index < -0.39 is 0 Å². The molecule has 0 aliphatic carbocycles. The van der Waals surface area contributed by atoms with Crippen molar-refractivity contribution in [2.24, 2.45) is 0 Å². The van der Waals surface area contributed by atoms with Crippen LogP contribution in [0.5, 0.6) is 5.75 Å². The second kappa shape index (κ2) is 5.74. The van der Waals surface area contributed by atoms with Gasteiger partial charge in [-0.25, -0.2) is 0 Å². The van der Waals surface area contributed by atoms with Gasteiger partial charge >= 0.3 is 0 Å². The molecule has 2 nitrogen and oxygen atoms in total. The average Bonchev–Trinajstić information content (AvgIpc) is 2.40. The molecule has 92 valence electrons. The highest BCUT2D eigenvalue weighted by Crippen LogP contribution is 2.27. The molecule has 0 amide bonds. The van der Waals surface area contributed by atoms with Crippen LogP contribution in [0, 0.1) is 0 Å². The van der Waals surface area contributed by atoms with E-state index in [0.29, 0.717) is 0 Å². The first-order valence-corrected chi connectivity index (χ1v) is 6.76. The van der Waals surface area contributed by atoms with Crippen molar-refractivity contribution < 1.29 is 9.90 Å². The van der Waals surface area contributed by atoms with Gasteiger partial charge < -0.3 is 5.11 Å². The topological polar surface area (TPSA) is 37.3 Å². The Labute approximate surface area is 111 Å². The molecule has 0 radical (unpaired) electrons. The van der Waals surface area contributed by atoms with E-state index in [9.17, 15) is 9.90 Å². The van der Waals surface area contributed by atoms with Crippen LogP contribution in [0.3, 0.4) is 0 Å². The molecule has 0 fully saturated rings. The molecule has 2 aromatic carbocycles. The summed E-state index contributed by atoms with van der Waals surface area (Å²) < 4.78 is 0. The Morgan fingerprint density at radius 1 is 1.11 bits per heavy atom. The maximum atomic E-state index is 12.0. The van der Waals surface area contributed by atoms with Crippen molar-refractivity contribution >= 4 is 16.9 Å². The molecule has 0 spiro atoms. The molecule has 0 atom stereocenters. The lowest BCUT2D eigenvalue weighted by molar-refractivity contribution is 0.108. The lowest BCUT2D eigenvalue weighted by atomic mass is 10.0. The van der Waals surface area contributed by atoms with Crippen molar-refractivity contribution in [1.82, 2.24) is 0 Å². The Balaban J connectivity index is 2.44. The van der Waals surface area contributed by atoms with E-state index >= 15 is 0 Å². The first-order valence-electron chi connectivity index (χ1n) is 5.78. The zero-order valence-electron chi connectivity index (χ0n) is 10.1. The van der Waals surface area contributed by atoms with Crippen LogP contribution in [0.1, 0.15) is 17.3 Å². The van der Waals surface area contributed by atoms with Gasteiger partial charge in [-0.2, -0.15) is 0 Å². The summed E-state index contributed by atoms with van der Waals surface area (Å²) in [5, 5.41) is 9.38. The third-order valence-corrected chi connectivity index (χ3v) is 3.37. The second-order valence-electron chi connectivity index (χ2n) is 3.81. The number of benzene rings is 2. The minimum Gasteiger partial charge on any atom is -0.508 e. The van der Waals surface area contributed by atoms with Gasteiger partial charge in [-0.05, 0) is 35.1 Å². The lowest BCUT2D eigenvalue weighted by Crippen LogP contribution is -1.97. The second-order valence-corrected chi connectivity index (χ2v) is 5.05. The number of aromatic hydroxyl groups is 1. The largest absolute Gasteiger partial charge is 0.508 e. The lowest BCUT2D eigenvalue weighted by Gasteiger charge is -2.08. The van der Waals surface area contributed by atoms with E-state index in [2.05, 4.69) is 0 Å². The molecular weight excluding hydrogens is 244 g/mol. The smallest absolute Gasteiger partial charge is 0.219 e. The van der Waals surface area contributed by atoms with Crippen molar-refractivity contribution in [3.8, 4) is 16.9 Å². The molecule has 2 rings (SSSR count). The van der Waals surface area contributed by atoms with E-state index in [1.807, 2.05) is 43.3 Å². The summed E-state index contributed by atoms with van der Waals surface area (Å²) in [6.07, 6.45) is 0. The normalized spacial score (nSPS) is 10.3. The summed E-state index contributed by atoms with van der Waals surface area (Å²) in [4.78, 5) is 12.0. The molecule has 0 aromatic heterocycles. The third-order valence-electron chi connectivity index (χ3n) is 2.60. The van der Waals surface area contributed by atoms with Gasteiger partial charge in [0.15, 0.2) is 0 Å². The number of hydrogen-bond acceptors (Lipinski definition) is 3. The first kappa shape index (κ1) is 12.7. The monoisotopic (exact) mass is 258 g/mol. The number of phenols is 1. The average molecular weight is 258 g/mol. The van der Waals surface area contributed by atoms with Crippen molar-refractivity contribution in [3.63, 3.8) is 0 Å². The van der Waals surface area contributed by atoms with Crippen molar-refractivity contribution in [1.29, 1.82) is 0 Å². The zero-order chi connectivity index (χ0) is 13.0. The summed E-state index contributed by atoms with van der Waals surface area (Å²) >= 11 is 1.31. The maximum absolute atomic E-state index is 12.0. The maximum Gasteiger partial charge on any atom is 0.219 e. The van der Waals surface area contributed by atoms with Crippen molar-refractivity contribution in [2.45, 2.75) is 6.92 Å². The van der Waals surface area contributed by atoms with E-state index in [0.717, 1.165) is 22.4 Å². The van der Waals surface area contributed by atoms with Crippen LogP contribution in [0.2, 0.25) is 0 Å². The minimum absolute atomic E-state index is 0.0844. The molecule has 0 unspecified atom stereocenters. The highest BCUT2D eigenvalue weighted by molar-refractivity contribution is 8.14. The summed E-state index contributed by atoms with van der Waals surface area (Å²) in [5.41, 5.74) is 2.56. The molecular formula is C15H14O2S. The third kappa shape index (κ3) is 2.74. The van der Waals surface area contributed by atoms with Gasteiger partial charge in [0.1, 0.15) is 5.75 Å². The zero-order valence-corrected chi connectivity index (χ0v) is 10.9. The van der Waals surface area contributed by atoms with E-state index in [1.54, 1.807) is 12.1 Å². The van der Waals surface area contributed by atoms with E-state index in [4.69, 9.17) is 0 Å². The summed E-state index contributed by atoms with van der Waals surface area (Å²) in [6, 6.07) is 14.4. The molecule has 0 aliphatic heterocycles. The predicted octanol–water partition coefficient (Wildman–Crippen LogP) is 3.95. The van der Waals surface area contributed by atoms with Crippen LogP contribution in [0.25, 0.3) is 11.1 Å². The van der Waals surface area contributed by atoms with E-state index in [-0.39, 0.29) is 10.9 Å². The standard InChI is InChI=1S/C15H14O2S/c1-2-18-15(17)14-6-4-3-5-13(14)11-7-9-12(16)10-8-11/h3-10,16H,2H2,1H3. The highest BCUT2D eigenvalue weighted by Gasteiger charge is 2.11. The van der Waals surface area contributed by atoms with E-state index in [1.165, 1.54) is 11.8 Å². The van der Waals surface area contributed by atoms with Crippen LogP contribution in [0.15, 0.2) is 48.5 Å². The number of thioether (sulfide) groups is 1. The number of rotatable bonds is 3. The van der Waals surface area contributed by atoms with Crippen molar-refractivity contribution in [3.05, 3.63) is 54.1 Å². The van der Waals surface area contributed by atoms with Gasteiger partial charge in [0, 0.05) is 5.56 Å². The number of phenolic OH excluding ortho intramolecular Hbond substituents is 1. The Bertz CT molecular complexity index is 547. The highest BCUT2D eigenvalue weighted by atomic mass is 32.2. The summed E-state index contributed by atoms with van der Waals surface area (Å²) in [5.74, 6) is 0.994. The van der Waals surface area contributed by atoms with Gasteiger partial charge in [0.2, 0.25) is 5.12 Å². The quantitative estimate of drug-likeness (QED) is 0.905. The summed E-state index contributed by atoms with van der Waals surface area (Å²) in [6.45, 7) is 1.96. The van der Waals surface area contributed by atoms with Gasteiger partial charge in [-0.15, -0.1) is 0 Å². The van der Waals surface area contributed by atoms with Crippen molar-refractivity contribution in [2.75, 3.05) is 5.75 Å². The van der Waals surface area contributed by atoms with Gasteiger partial charge in [0.05, 0.1) is 0 Å². The van der Waals surface area contributed by atoms with Crippen LogP contribution >= 0.6 is 11.8 Å².